The molecule has 176 valence electrons. The van der Waals surface area contributed by atoms with Gasteiger partial charge in [-0.2, -0.15) is 0 Å². The first-order valence-corrected chi connectivity index (χ1v) is 13.3. The highest BCUT2D eigenvalue weighted by atomic mass is 32.1. The van der Waals surface area contributed by atoms with Crippen molar-refractivity contribution in [2.75, 3.05) is 39.3 Å². The van der Waals surface area contributed by atoms with Crippen molar-refractivity contribution in [2.24, 2.45) is 0 Å². The summed E-state index contributed by atoms with van der Waals surface area (Å²) in [6.07, 6.45) is 6.88. The Morgan fingerprint density at radius 1 is 0.909 bits per heavy atom. The Kier molecular flexibility index (Phi) is 6.97. The normalized spacial score (nSPS) is 22.1. The molecule has 5 rings (SSSR count). The molecule has 3 heterocycles. The van der Waals surface area contributed by atoms with Gasteiger partial charge in [-0.25, -0.2) is 4.79 Å². The number of thiophene rings is 1. The van der Waals surface area contributed by atoms with E-state index in [9.17, 15) is 9.59 Å². The number of carbonyl (C=O) groups is 2. The number of benzene rings is 1. The number of hydrogen-bond acceptors (Lipinski definition) is 4. The Morgan fingerprint density at radius 3 is 2.39 bits per heavy atom. The molecule has 33 heavy (non-hydrogen) atoms. The van der Waals surface area contributed by atoms with Crippen LogP contribution in [-0.4, -0.2) is 71.9 Å². The summed E-state index contributed by atoms with van der Waals surface area (Å²) in [7, 11) is 0. The van der Waals surface area contributed by atoms with Gasteiger partial charge in [-0.15, -0.1) is 11.3 Å². The van der Waals surface area contributed by atoms with E-state index in [-0.39, 0.29) is 18.0 Å². The highest BCUT2D eigenvalue weighted by molar-refractivity contribution is 7.10. The summed E-state index contributed by atoms with van der Waals surface area (Å²) in [5, 5.41) is 5.38. The summed E-state index contributed by atoms with van der Waals surface area (Å²) in [6, 6.07) is 13.2. The third-order valence-corrected chi connectivity index (χ3v) is 8.37. The number of carbonyl (C=O) groups excluding carboxylic acids is 2. The number of rotatable bonds is 4. The number of hydrogen-bond donors (Lipinski definition) is 1. The van der Waals surface area contributed by atoms with Crippen LogP contribution < -0.4 is 5.32 Å². The molecule has 2 fully saturated rings. The molecular weight excluding hydrogens is 432 g/mol. The summed E-state index contributed by atoms with van der Waals surface area (Å²) in [5.41, 5.74) is 2.59. The number of piperazine rings is 1. The van der Waals surface area contributed by atoms with E-state index in [1.54, 1.807) is 0 Å². The fourth-order valence-electron chi connectivity index (χ4n) is 5.51. The lowest BCUT2D eigenvalue weighted by Gasteiger charge is -2.39. The van der Waals surface area contributed by atoms with E-state index in [1.807, 2.05) is 27.2 Å². The highest BCUT2D eigenvalue weighted by Crippen LogP contribution is 2.37. The molecule has 1 N–H and O–H groups in total. The van der Waals surface area contributed by atoms with Crippen molar-refractivity contribution in [3.8, 4) is 0 Å². The minimum absolute atomic E-state index is 0.0409. The number of amides is 3. The van der Waals surface area contributed by atoms with E-state index < -0.39 is 0 Å². The number of nitrogens with one attached hydrogen (secondary N) is 1. The van der Waals surface area contributed by atoms with Crippen LogP contribution in [0.2, 0.25) is 0 Å². The third kappa shape index (κ3) is 5.09. The lowest BCUT2D eigenvalue weighted by molar-refractivity contribution is -0.134. The molecule has 1 aliphatic carbocycles. The van der Waals surface area contributed by atoms with Crippen molar-refractivity contribution in [1.82, 2.24) is 20.0 Å². The van der Waals surface area contributed by atoms with Gasteiger partial charge in [0.15, 0.2) is 0 Å². The molecule has 2 aliphatic heterocycles. The SMILES string of the molecule is O=C(CN1CCc2sccc2[C@@H]1c1ccccc1)N1CCN(C(=O)NC2CCCCC2)CC1. The second-order valence-electron chi connectivity index (χ2n) is 9.49. The van der Waals surface area contributed by atoms with E-state index in [1.165, 1.54) is 35.3 Å². The zero-order chi connectivity index (χ0) is 22.6. The predicted molar refractivity (Wildman–Crippen MR) is 131 cm³/mol. The molecular formula is C26H34N4O2S. The largest absolute Gasteiger partial charge is 0.338 e. The van der Waals surface area contributed by atoms with Crippen molar-refractivity contribution >= 4 is 23.3 Å². The fourth-order valence-corrected chi connectivity index (χ4v) is 6.41. The van der Waals surface area contributed by atoms with Crippen LogP contribution in [0.15, 0.2) is 41.8 Å². The second kappa shape index (κ2) is 10.3. The van der Waals surface area contributed by atoms with E-state index >= 15 is 0 Å². The Labute approximate surface area is 200 Å². The maximum atomic E-state index is 13.3. The first-order chi connectivity index (χ1) is 16.2. The first kappa shape index (κ1) is 22.4. The number of fused-ring (bicyclic) bond motifs is 1. The average Bonchev–Trinajstić information content (AvgIpc) is 3.34. The van der Waals surface area contributed by atoms with Crippen molar-refractivity contribution in [3.63, 3.8) is 0 Å². The smallest absolute Gasteiger partial charge is 0.317 e. The van der Waals surface area contributed by atoms with Gasteiger partial charge in [0.25, 0.3) is 0 Å². The number of urea groups is 1. The molecule has 2 aromatic rings. The second-order valence-corrected chi connectivity index (χ2v) is 10.5. The van der Waals surface area contributed by atoms with Crippen LogP contribution in [0.5, 0.6) is 0 Å². The van der Waals surface area contributed by atoms with Crippen molar-refractivity contribution in [1.29, 1.82) is 0 Å². The van der Waals surface area contributed by atoms with Crippen molar-refractivity contribution in [2.45, 2.75) is 50.6 Å². The van der Waals surface area contributed by atoms with Crippen molar-refractivity contribution < 1.29 is 9.59 Å². The van der Waals surface area contributed by atoms with Gasteiger partial charge in [-0.05, 0) is 41.8 Å². The highest BCUT2D eigenvalue weighted by Gasteiger charge is 2.33. The minimum atomic E-state index is 0.0409. The molecule has 3 aliphatic rings. The lowest BCUT2D eigenvalue weighted by atomic mass is 9.93. The predicted octanol–water partition coefficient (Wildman–Crippen LogP) is 3.88. The first-order valence-electron chi connectivity index (χ1n) is 12.4. The molecule has 0 spiro atoms. The maximum absolute atomic E-state index is 13.3. The summed E-state index contributed by atoms with van der Waals surface area (Å²) < 4.78 is 0. The summed E-state index contributed by atoms with van der Waals surface area (Å²) in [4.78, 5) is 33.5. The van der Waals surface area contributed by atoms with Crippen LogP contribution >= 0.6 is 11.3 Å². The Hall–Kier alpha value is -2.38. The molecule has 1 saturated heterocycles. The van der Waals surface area contributed by atoms with Gasteiger partial charge in [0.05, 0.1) is 12.6 Å². The summed E-state index contributed by atoms with van der Waals surface area (Å²) >= 11 is 1.82. The standard InChI is InChI=1S/C26H34N4O2S/c31-24(28-14-16-29(17-15-28)26(32)27-21-9-5-2-6-10-21)19-30-13-11-23-22(12-18-33-23)25(30)20-7-3-1-4-8-20/h1,3-4,7-8,12,18,21,25H,2,5-6,9-11,13-17,19H2,(H,27,32)/t25-/m0/s1. The van der Waals surface area contributed by atoms with Gasteiger partial charge < -0.3 is 15.1 Å². The van der Waals surface area contributed by atoms with Crippen LogP contribution in [0.4, 0.5) is 4.79 Å². The third-order valence-electron chi connectivity index (χ3n) is 7.37. The van der Waals surface area contributed by atoms with E-state index in [0.717, 1.165) is 25.8 Å². The van der Waals surface area contributed by atoms with Crippen LogP contribution in [-0.2, 0) is 11.2 Å². The van der Waals surface area contributed by atoms with E-state index in [2.05, 4.69) is 45.9 Å². The maximum Gasteiger partial charge on any atom is 0.317 e. The minimum Gasteiger partial charge on any atom is -0.338 e. The molecule has 6 nitrogen and oxygen atoms in total. The van der Waals surface area contributed by atoms with Gasteiger partial charge in [0.1, 0.15) is 0 Å². The van der Waals surface area contributed by atoms with Gasteiger partial charge in [0, 0.05) is 43.6 Å². The van der Waals surface area contributed by atoms with Gasteiger partial charge in [-0.3, -0.25) is 9.69 Å². The quantitative estimate of drug-likeness (QED) is 0.744. The molecule has 1 saturated carbocycles. The Balaban J connectivity index is 1.18. The lowest BCUT2D eigenvalue weighted by Crippen LogP contribution is -2.56. The fraction of sp³-hybridized carbons (Fsp3) is 0.538. The summed E-state index contributed by atoms with van der Waals surface area (Å²) in [5.74, 6) is 0.168. The zero-order valence-corrected chi connectivity index (χ0v) is 20.1. The van der Waals surface area contributed by atoms with Crippen LogP contribution in [0, 0.1) is 0 Å². The molecule has 0 bridgehead atoms. The van der Waals surface area contributed by atoms with Crippen LogP contribution in [0.1, 0.15) is 54.1 Å². The molecule has 3 amide bonds. The molecule has 0 unspecified atom stereocenters. The summed E-state index contributed by atoms with van der Waals surface area (Å²) in [6.45, 7) is 3.77. The zero-order valence-electron chi connectivity index (χ0n) is 19.2. The Morgan fingerprint density at radius 2 is 1.64 bits per heavy atom. The van der Waals surface area contributed by atoms with Gasteiger partial charge in [0.2, 0.25) is 5.91 Å². The topological polar surface area (TPSA) is 55.9 Å². The van der Waals surface area contributed by atoms with E-state index in [0.29, 0.717) is 38.8 Å². The monoisotopic (exact) mass is 466 g/mol. The van der Waals surface area contributed by atoms with Gasteiger partial charge in [-0.1, -0.05) is 49.6 Å². The Bertz CT molecular complexity index is 948. The van der Waals surface area contributed by atoms with Gasteiger partial charge >= 0.3 is 6.03 Å². The number of nitrogens with zero attached hydrogens (tertiary/aromatic N) is 3. The molecule has 1 atom stereocenters. The molecule has 1 aromatic carbocycles. The average molecular weight is 467 g/mol. The molecule has 1 aromatic heterocycles. The van der Waals surface area contributed by atoms with Crippen LogP contribution in [0.25, 0.3) is 0 Å². The van der Waals surface area contributed by atoms with Crippen molar-refractivity contribution in [3.05, 3.63) is 57.8 Å². The van der Waals surface area contributed by atoms with E-state index in [4.69, 9.17) is 0 Å². The molecule has 0 radical (unpaired) electrons. The van der Waals surface area contributed by atoms with Crippen LogP contribution in [0.3, 0.4) is 0 Å². The molecule has 7 heteroatoms.